The van der Waals surface area contributed by atoms with Gasteiger partial charge < -0.3 is 19.4 Å². The van der Waals surface area contributed by atoms with Gasteiger partial charge in [0.15, 0.2) is 8.32 Å². The van der Waals surface area contributed by atoms with Crippen LogP contribution < -0.4 is 0 Å². The minimum atomic E-state index is -2.03. The Morgan fingerprint density at radius 1 is 1.08 bits per heavy atom. The number of rotatable bonds is 6. The van der Waals surface area contributed by atoms with Crippen LogP contribution in [0.2, 0.25) is 18.1 Å². The molecule has 2 aliphatic heterocycles. The molecule has 1 aromatic heterocycles. The lowest BCUT2D eigenvalue weighted by Gasteiger charge is -2.39. The summed E-state index contributed by atoms with van der Waals surface area (Å²) < 4.78 is 14.5. The first kappa shape index (κ1) is 25.5. The van der Waals surface area contributed by atoms with Gasteiger partial charge in [-0.2, -0.15) is 0 Å². The van der Waals surface area contributed by atoms with Crippen LogP contribution in [0.4, 0.5) is 5.69 Å². The molecule has 0 fully saturated rings. The molecule has 0 saturated heterocycles. The predicted molar refractivity (Wildman–Crippen MR) is 145 cm³/mol. The Balaban J connectivity index is 1.64. The minimum Gasteiger partial charge on any atom is -0.494 e. The smallest absolute Gasteiger partial charge is 0.277 e. The molecule has 2 bridgehead atoms. The molecule has 3 atom stereocenters. The van der Waals surface area contributed by atoms with E-state index in [1.165, 1.54) is 10.6 Å². The number of aromatic hydroxyl groups is 2. The van der Waals surface area contributed by atoms with E-state index in [0.29, 0.717) is 34.2 Å². The van der Waals surface area contributed by atoms with Gasteiger partial charge in [-0.3, -0.25) is 14.7 Å². The summed E-state index contributed by atoms with van der Waals surface area (Å²) in [7, 11) is -2.03. The van der Waals surface area contributed by atoms with Crippen LogP contribution in [0.5, 0.6) is 11.8 Å². The normalized spacial score (nSPS) is 23.5. The highest BCUT2D eigenvalue weighted by atomic mass is 28.4. The van der Waals surface area contributed by atoms with E-state index >= 15 is 0 Å². The number of aromatic nitrogens is 1. The summed E-state index contributed by atoms with van der Waals surface area (Å²) in [5.74, 6) is -0.438. The number of nitro groups is 1. The number of ether oxygens (including phenoxy) is 1. The number of non-ortho nitro benzene ring substituents is 1. The van der Waals surface area contributed by atoms with Gasteiger partial charge in [-0.15, -0.1) is 0 Å². The van der Waals surface area contributed by atoms with Crippen molar-refractivity contribution >= 4 is 24.8 Å². The van der Waals surface area contributed by atoms with Gasteiger partial charge in [0.05, 0.1) is 27.1 Å². The standard InChI is InChI=1S/C28H34N2O6Si/c1-17(16-35-37(6,7)26(2,3)4)28-15-14-27(5,36-28)22-23(28)25(32)29(24(22)31)20-12-13-21(30(33)34)19-11-9-8-10-18(19)20/h8-15,17,31-32H,16H2,1-7H3. The molecule has 0 amide bonds. The van der Waals surface area contributed by atoms with Crippen LogP contribution in [0, 0.1) is 16.0 Å². The van der Waals surface area contributed by atoms with E-state index < -0.39 is 24.4 Å². The number of hydrogen-bond acceptors (Lipinski definition) is 6. The van der Waals surface area contributed by atoms with Crippen molar-refractivity contribution in [2.24, 2.45) is 5.92 Å². The summed E-state index contributed by atoms with van der Waals surface area (Å²) >= 11 is 0. The first-order chi connectivity index (χ1) is 17.1. The average Bonchev–Trinajstić information content (AvgIpc) is 3.41. The summed E-state index contributed by atoms with van der Waals surface area (Å²) in [6, 6.07) is 9.88. The van der Waals surface area contributed by atoms with E-state index in [-0.39, 0.29) is 28.4 Å². The fourth-order valence-electron chi connectivity index (χ4n) is 5.39. The first-order valence-electron chi connectivity index (χ1n) is 12.5. The molecule has 0 spiro atoms. The lowest BCUT2D eigenvalue weighted by molar-refractivity contribution is -0.383. The summed E-state index contributed by atoms with van der Waals surface area (Å²) in [4.78, 5) is 11.2. The van der Waals surface area contributed by atoms with Crippen LogP contribution in [0.15, 0.2) is 48.6 Å². The van der Waals surface area contributed by atoms with E-state index in [1.807, 2.05) is 26.0 Å². The van der Waals surface area contributed by atoms with Gasteiger partial charge in [-0.25, -0.2) is 0 Å². The topological polar surface area (TPSA) is 107 Å². The van der Waals surface area contributed by atoms with E-state index in [1.54, 1.807) is 30.3 Å². The lowest BCUT2D eigenvalue weighted by atomic mass is 9.78. The Kier molecular flexibility index (Phi) is 5.46. The molecule has 3 unspecified atom stereocenters. The average molecular weight is 523 g/mol. The Labute approximate surface area is 217 Å². The number of hydrogen-bond donors (Lipinski definition) is 2. The molecular weight excluding hydrogens is 488 g/mol. The maximum Gasteiger partial charge on any atom is 0.277 e. The SMILES string of the molecule is CC(CO[Si](C)(C)C(C)(C)C)C12C=CC(C)(O1)c1c2c(O)n(-c2ccc([N+](=O)[O-])c3ccccc23)c1O. The van der Waals surface area contributed by atoms with Gasteiger partial charge in [-0.1, -0.05) is 45.9 Å². The van der Waals surface area contributed by atoms with Crippen molar-refractivity contribution in [3.8, 4) is 17.4 Å². The van der Waals surface area contributed by atoms with E-state index in [0.717, 1.165) is 0 Å². The van der Waals surface area contributed by atoms with Crippen LogP contribution in [-0.4, -0.2) is 34.6 Å². The van der Waals surface area contributed by atoms with Gasteiger partial charge in [0.1, 0.15) is 11.2 Å². The zero-order chi connectivity index (χ0) is 27.1. The molecule has 0 radical (unpaired) electrons. The van der Waals surface area contributed by atoms with Crippen molar-refractivity contribution < 1.29 is 24.3 Å². The second-order valence-corrected chi connectivity index (χ2v) is 16.8. The Bertz CT molecular complexity index is 1470. The van der Waals surface area contributed by atoms with Gasteiger partial charge in [0.25, 0.3) is 5.69 Å². The van der Waals surface area contributed by atoms with Gasteiger partial charge in [-0.05, 0) is 49.3 Å². The van der Waals surface area contributed by atoms with Crippen LogP contribution in [-0.2, 0) is 20.4 Å². The molecule has 2 N–H and O–H groups in total. The Hall–Kier alpha value is -3.14. The number of nitro benzene ring substituents is 1. The molecule has 2 aliphatic rings. The van der Waals surface area contributed by atoms with Crippen LogP contribution >= 0.6 is 0 Å². The third kappa shape index (κ3) is 3.48. The molecule has 0 aliphatic carbocycles. The molecule has 5 rings (SSSR count). The van der Waals surface area contributed by atoms with E-state index in [4.69, 9.17) is 9.16 Å². The highest BCUT2D eigenvalue weighted by Crippen LogP contribution is 2.63. The summed E-state index contributed by atoms with van der Waals surface area (Å²) in [6.45, 7) is 15.3. The molecule has 196 valence electrons. The molecule has 9 heteroatoms. The first-order valence-corrected chi connectivity index (χ1v) is 15.4. The second kappa shape index (κ2) is 7.93. The van der Waals surface area contributed by atoms with Crippen LogP contribution in [0.1, 0.15) is 45.7 Å². The summed E-state index contributed by atoms with van der Waals surface area (Å²) in [5.41, 5.74) is -0.463. The molecule has 2 aromatic carbocycles. The quantitative estimate of drug-likeness (QED) is 0.163. The van der Waals surface area contributed by atoms with Crippen molar-refractivity contribution in [1.82, 2.24) is 4.57 Å². The highest BCUT2D eigenvalue weighted by molar-refractivity contribution is 6.74. The zero-order valence-corrected chi connectivity index (χ0v) is 23.3. The third-order valence-electron chi connectivity index (χ3n) is 8.59. The second-order valence-electron chi connectivity index (χ2n) is 11.9. The molecule has 0 saturated carbocycles. The van der Waals surface area contributed by atoms with Gasteiger partial charge >= 0.3 is 0 Å². The van der Waals surface area contributed by atoms with E-state index in [2.05, 4.69) is 33.9 Å². The van der Waals surface area contributed by atoms with Crippen molar-refractivity contribution in [3.05, 3.63) is 69.8 Å². The third-order valence-corrected chi connectivity index (χ3v) is 13.1. The zero-order valence-electron chi connectivity index (χ0n) is 22.3. The number of benzene rings is 2. The molecule has 3 heterocycles. The largest absolute Gasteiger partial charge is 0.494 e. The fraction of sp³-hybridized carbons (Fsp3) is 0.429. The summed E-state index contributed by atoms with van der Waals surface area (Å²) in [5, 5.41) is 35.8. The molecule has 3 aromatic rings. The van der Waals surface area contributed by atoms with Crippen molar-refractivity contribution in [2.75, 3.05) is 6.61 Å². The predicted octanol–water partition coefficient (Wildman–Crippen LogP) is 6.62. The maximum absolute atomic E-state index is 11.7. The van der Waals surface area contributed by atoms with Crippen molar-refractivity contribution in [2.45, 2.75) is 64.0 Å². The number of fused-ring (bicyclic) bond motifs is 6. The summed E-state index contributed by atoms with van der Waals surface area (Å²) in [6.07, 6.45) is 3.89. The minimum absolute atomic E-state index is 0.0390. The maximum atomic E-state index is 11.7. The van der Waals surface area contributed by atoms with Gasteiger partial charge in [0, 0.05) is 24.0 Å². The van der Waals surface area contributed by atoms with Crippen molar-refractivity contribution in [1.29, 1.82) is 0 Å². The monoisotopic (exact) mass is 522 g/mol. The fourth-order valence-corrected chi connectivity index (χ4v) is 6.49. The van der Waals surface area contributed by atoms with Crippen LogP contribution in [0.3, 0.4) is 0 Å². The molecular formula is C28H34N2O6Si. The molecule has 8 nitrogen and oxygen atoms in total. The Morgan fingerprint density at radius 3 is 2.32 bits per heavy atom. The van der Waals surface area contributed by atoms with Gasteiger partial charge in [0.2, 0.25) is 11.8 Å². The van der Waals surface area contributed by atoms with Crippen LogP contribution in [0.25, 0.3) is 16.5 Å². The Morgan fingerprint density at radius 2 is 1.70 bits per heavy atom. The van der Waals surface area contributed by atoms with E-state index in [9.17, 15) is 20.3 Å². The highest BCUT2D eigenvalue weighted by Gasteiger charge is 2.61. The van der Waals surface area contributed by atoms with Crippen molar-refractivity contribution in [3.63, 3.8) is 0 Å². The number of nitrogens with zero attached hydrogens (tertiary/aromatic N) is 2. The lowest BCUT2D eigenvalue weighted by Crippen LogP contribution is -2.44. The molecule has 37 heavy (non-hydrogen) atoms.